The van der Waals surface area contributed by atoms with Gasteiger partial charge in [-0.05, 0) is 6.92 Å². The van der Waals surface area contributed by atoms with Gasteiger partial charge in [-0.1, -0.05) is 0 Å². The SMILES string of the molecule is CC(Cl)C(Cl)S(=O)O. The van der Waals surface area contributed by atoms with Crippen molar-refractivity contribution in [2.24, 2.45) is 0 Å². The molecule has 0 aromatic rings. The van der Waals surface area contributed by atoms with E-state index in [4.69, 9.17) is 27.8 Å². The molecule has 5 heteroatoms. The highest BCUT2D eigenvalue weighted by molar-refractivity contribution is 7.81. The fourth-order valence-corrected chi connectivity index (χ4v) is 0.745. The van der Waals surface area contributed by atoms with E-state index < -0.39 is 21.2 Å². The lowest BCUT2D eigenvalue weighted by Crippen LogP contribution is -2.16. The Kier molecular flexibility index (Phi) is 3.98. The van der Waals surface area contributed by atoms with Gasteiger partial charge < -0.3 is 4.55 Å². The predicted molar refractivity (Wildman–Crippen MR) is 35.7 cm³/mol. The number of hydrogen-bond acceptors (Lipinski definition) is 1. The molecule has 0 saturated heterocycles. The molecule has 0 aromatic heterocycles. The lowest BCUT2D eigenvalue weighted by Gasteiger charge is -2.04. The van der Waals surface area contributed by atoms with Crippen LogP contribution in [0.3, 0.4) is 0 Å². The van der Waals surface area contributed by atoms with Gasteiger partial charge in [0.05, 0.1) is 5.38 Å². The zero-order valence-corrected chi connectivity index (χ0v) is 6.50. The molecular weight excluding hydrogens is 171 g/mol. The van der Waals surface area contributed by atoms with Crippen molar-refractivity contribution in [3.63, 3.8) is 0 Å². The van der Waals surface area contributed by atoms with Gasteiger partial charge in [0.1, 0.15) is 0 Å². The summed E-state index contributed by atoms with van der Waals surface area (Å²) in [6, 6.07) is 0. The number of alkyl halides is 2. The summed E-state index contributed by atoms with van der Waals surface area (Å²) >= 11 is 8.60. The second kappa shape index (κ2) is 3.67. The highest BCUT2D eigenvalue weighted by Gasteiger charge is 2.16. The average Bonchev–Trinajstić information content (AvgIpc) is 1.64. The van der Waals surface area contributed by atoms with Gasteiger partial charge in [-0.15, -0.1) is 23.2 Å². The smallest absolute Gasteiger partial charge is 0.172 e. The molecule has 8 heavy (non-hydrogen) atoms. The van der Waals surface area contributed by atoms with E-state index in [0.717, 1.165) is 0 Å². The van der Waals surface area contributed by atoms with Crippen LogP contribution in [0.4, 0.5) is 0 Å². The fraction of sp³-hybridized carbons (Fsp3) is 1.00. The molecule has 0 amide bonds. The molecule has 2 nitrogen and oxygen atoms in total. The first-order valence-electron chi connectivity index (χ1n) is 1.93. The summed E-state index contributed by atoms with van der Waals surface area (Å²) in [6.07, 6.45) is 0. The van der Waals surface area contributed by atoms with Crippen molar-refractivity contribution in [3.05, 3.63) is 0 Å². The largest absolute Gasteiger partial charge is 0.305 e. The first-order chi connectivity index (χ1) is 3.55. The molecule has 0 aliphatic rings. The van der Waals surface area contributed by atoms with Crippen LogP contribution in [-0.4, -0.2) is 18.8 Å². The van der Waals surface area contributed by atoms with Crippen LogP contribution >= 0.6 is 23.2 Å². The van der Waals surface area contributed by atoms with E-state index in [9.17, 15) is 4.21 Å². The van der Waals surface area contributed by atoms with Crippen LogP contribution < -0.4 is 0 Å². The van der Waals surface area contributed by atoms with Gasteiger partial charge >= 0.3 is 0 Å². The van der Waals surface area contributed by atoms with E-state index in [1.165, 1.54) is 0 Å². The molecule has 0 aliphatic heterocycles. The van der Waals surface area contributed by atoms with Crippen LogP contribution in [0.1, 0.15) is 6.92 Å². The minimum Gasteiger partial charge on any atom is -0.305 e. The third kappa shape index (κ3) is 2.87. The van der Waals surface area contributed by atoms with E-state index in [1.54, 1.807) is 6.92 Å². The highest BCUT2D eigenvalue weighted by atomic mass is 35.5. The summed E-state index contributed by atoms with van der Waals surface area (Å²) in [4.78, 5) is 0. The third-order valence-corrected chi connectivity index (χ3v) is 2.71. The van der Waals surface area contributed by atoms with Crippen LogP contribution in [0.15, 0.2) is 0 Å². The Hall–Kier alpha value is 0.690. The van der Waals surface area contributed by atoms with Crippen LogP contribution in [0.5, 0.6) is 0 Å². The summed E-state index contributed by atoms with van der Waals surface area (Å²) in [7, 11) is 0. The van der Waals surface area contributed by atoms with E-state index in [1.807, 2.05) is 0 Å². The summed E-state index contributed by atoms with van der Waals surface area (Å²) in [5.41, 5.74) is 0. The van der Waals surface area contributed by atoms with E-state index >= 15 is 0 Å². The molecule has 0 aliphatic carbocycles. The Balaban J connectivity index is 3.64. The molecule has 0 fully saturated rings. The molecule has 50 valence electrons. The standard InChI is InChI=1S/C3H6Cl2O2S/c1-2(4)3(5)8(6)7/h2-3H,1H3,(H,6,7). The molecule has 0 rings (SSSR count). The predicted octanol–water partition coefficient (Wildman–Crippen LogP) is 1.40. The van der Waals surface area contributed by atoms with Crippen LogP contribution in [0, 0.1) is 0 Å². The van der Waals surface area contributed by atoms with Crippen molar-refractivity contribution in [1.82, 2.24) is 0 Å². The molecule has 0 bridgehead atoms. The van der Waals surface area contributed by atoms with E-state index in [0.29, 0.717) is 0 Å². The summed E-state index contributed by atoms with van der Waals surface area (Å²) < 4.78 is 17.4. The van der Waals surface area contributed by atoms with Crippen LogP contribution in [0.2, 0.25) is 0 Å². The number of rotatable bonds is 2. The lowest BCUT2D eigenvalue weighted by atomic mass is 10.6. The summed E-state index contributed by atoms with van der Waals surface area (Å²) in [5, 5.41) is -0.470. The zero-order valence-electron chi connectivity index (χ0n) is 4.17. The van der Waals surface area contributed by atoms with Crippen molar-refractivity contribution in [3.8, 4) is 0 Å². The minimum atomic E-state index is -2.01. The Morgan fingerprint density at radius 3 is 2.00 bits per heavy atom. The normalized spacial score (nSPS) is 22.0. The van der Waals surface area contributed by atoms with Crippen molar-refractivity contribution in [2.75, 3.05) is 0 Å². The van der Waals surface area contributed by atoms with Crippen LogP contribution in [0.25, 0.3) is 0 Å². The summed E-state index contributed by atoms with van der Waals surface area (Å²) in [6.45, 7) is 1.56. The van der Waals surface area contributed by atoms with Gasteiger partial charge in [-0.2, -0.15) is 0 Å². The molecular formula is C3H6Cl2O2S. The van der Waals surface area contributed by atoms with Gasteiger partial charge in [0.2, 0.25) is 0 Å². The van der Waals surface area contributed by atoms with Gasteiger partial charge in [0.25, 0.3) is 0 Å². The monoisotopic (exact) mass is 176 g/mol. The van der Waals surface area contributed by atoms with E-state index in [-0.39, 0.29) is 0 Å². The first kappa shape index (κ1) is 8.69. The average molecular weight is 177 g/mol. The third-order valence-electron chi connectivity index (χ3n) is 0.554. The zero-order chi connectivity index (χ0) is 6.73. The van der Waals surface area contributed by atoms with Crippen molar-refractivity contribution < 1.29 is 8.76 Å². The van der Waals surface area contributed by atoms with Crippen molar-refractivity contribution >= 4 is 34.3 Å². The maximum absolute atomic E-state index is 10.0. The van der Waals surface area contributed by atoms with Crippen molar-refractivity contribution in [2.45, 2.75) is 17.0 Å². The maximum Gasteiger partial charge on any atom is 0.172 e. The second-order valence-electron chi connectivity index (χ2n) is 1.30. The molecule has 0 radical (unpaired) electrons. The van der Waals surface area contributed by atoms with Crippen molar-refractivity contribution in [1.29, 1.82) is 0 Å². The molecule has 3 atom stereocenters. The molecule has 1 N–H and O–H groups in total. The Morgan fingerprint density at radius 1 is 1.62 bits per heavy atom. The maximum atomic E-state index is 10.0. The quantitative estimate of drug-likeness (QED) is 0.511. The van der Waals surface area contributed by atoms with Gasteiger partial charge in [0, 0.05) is 0 Å². The fourth-order valence-electron chi connectivity index (χ4n) is 0.160. The minimum absolute atomic E-state index is 0.470. The Bertz CT molecular complexity index is 95.3. The van der Waals surface area contributed by atoms with Gasteiger partial charge in [-0.3, -0.25) is 0 Å². The molecule has 0 heterocycles. The van der Waals surface area contributed by atoms with Gasteiger partial charge in [0.15, 0.2) is 15.8 Å². The Labute approximate surface area is 60.5 Å². The number of halogens is 2. The van der Waals surface area contributed by atoms with E-state index in [2.05, 4.69) is 0 Å². The van der Waals surface area contributed by atoms with Crippen LogP contribution in [-0.2, 0) is 11.1 Å². The molecule has 0 saturated carbocycles. The molecule has 3 unspecified atom stereocenters. The lowest BCUT2D eigenvalue weighted by molar-refractivity contribution is 0.559. The topological polar surface area (TPSA) is 37.3 Å². The second-order valence-corrected chi connectivity index (χ2v) is 3.78. The first-order valence-corrected chi connectivity index (χ1v) is 3.97. The Morgan fingerprint density at radius 2 is 2.00 bits per heavy atom. The summed E-state index contributed by atoms with van der Waals surface area (Å²) in [5.74, 6) is 0. The van der Waals surface area contributed by atoms with Gasteiger partial charge in [-0.25, -0.2) is 4.21 Å². The highest BCUT2D eigenvalue weighted by Crippen LogP contribution is 2.10. The molecule has 0 spiro atoms. The molecule has 0 aromatic carbocycles. The number of hydrogen-bond donors (Lipinski definition) is 1.